The molecule has 27 heavy (non-hydrogen) atoms. The number of hydrogen-bond acceptors (Lipinski definition) is 4. The number of hydrogen-bond donors (Lipinski definition) is 0. The van der Waals surface area contributed by atoms with Crippen LogP contribution < -0.4 is 0 Å². The quantitative estimate of drug-likeness (QED) is 0.495. The lowest BCUT2D eigenvalue weighted by molar-refractivity contribution is 0.0131. The third-order valence-corrected chi connectivity index (χ3v) is 5.17. The first-order valence-corrected chi connectivity index (χ1v) is 10.4. The van der Waals surface area contributed by atoms with Crippen LogP contribution in [0, 0.1) is 0 Å². The number of imidazole rings is 1. The van der Waals surface area contributed by atoms with Gasteiger partial charge in [0.2, 0.25) is 0 Å². The highest BCUT2D eigenvalue weighted by molar-refractivity contribution is 7.90. The molecule has 0 bridgehead atoms. The summed E-state index contributed by atoms with van der Waals surface area (Å²) < 4.78 is 52.6. The van der Waals surface area contributed by atoms with Crippen LogP contribution in [-0.4, -0.2) is 37.5 Å². The van der Waals surface area contributed by atoms with Crippen molar-refractivity contribution in [1.29, 1.82) is 0 Å². The molecule has 1 heterocycles. The predicted octanol–water partition coefficient (Wildman–Crippen LogP) is 4.27. The van der Waals surface area contributed by atoms with Gasteiger partial charge in [-0.1, -0.05) is 13.0 Å². The minimum atomic E-state index is -3.34. The lowest BCUT2D eigenvalue weighted by Crippen LogP contribution is -2.07. The second-order valence-electron chi connectivity index (χ2n) is 6.29. The van der Waals surface area contributed by atoms with Crippen molar-refractivity contribution in [2.75, 3.05) is 12.8 Å². The number of nitrogens with zero attached hydrogens (tertiary/aromatic N) is 3. The van der Waals surface area contributed by atoms with Crippen molar-refractivity contribution in [3.8, 4) is 5.69 Å². The van der Waals surface area contributed by atoms with Gasteiger partial charge in [0.1, 0.15) is 11.5 Å². The van der Waals surface area contributed by atoms with Crippen molar-refractivity contribution in [1.82, 2.24) is 9.55 Å². The van der Waals surface area contributed by atoms with Crippen LogP contribution >= 0.6 is 0 Å². The smallest absolute Gasteiger partial charge is 0.288 e. The highest BCUT2D eigenvalue weighted by Crippen LogP contribution is 2.30. The molecular weight excluding hydrogens is 372 g/mol. The van der Waals surface area contributed by atoms with E-state index in [0.29, 0.717) is 30.9 Å². The summed E-state index contributed by atoms with van der Waals surface area (Å²) in [5.41, 5.74) is 1.02. The number of rotatable bonds is 8. The molecule has 2 rings (SSSR count). The first-order valence-electron chi connectivity index (χ1n) is 8.48. The van der Waals surface area contributed by atoms with Crippen LogP contribution in [0.2, 0.25) is 0 Å². The first kappa shape index (κ1) is 21.0. The van der Waals surface area contributed by atoms with Crippen molar-refractivity contribution in [2.45, 2.75) is 37.5 Å². The summed E-state index contributed by atoms with van der Waals surface area (Å²) >= 11 is 0. The van der Waals surface area contributed by atoms with E-state index in [1.165, 1.54) is 18.3 Å². The Bertz CT molecular complexity index is 940. The Morgan fingerprint density at radius 1 is 1.33 bits per heavy atom. The Morgan fingerprint density at radius 2 is 1.96 bits per heavy atom. The van der Waals surface area contributed by atoms with Gasteiger partial charge in [-0.05, 0) is 49.4 Å². The van der Waals surface area contributed by atoms with E-state index in [4.69, 9.17) is 0 Å². The molecule has 0 aliphatic heterocycles. The molecule has 0 unspecified atom stereocenters. The van der Waals surface area contributed by atoms with Gasteiger partial charge in [-0.2, -0.15) is 8.78 Å². The Kier molecular flexibility index (Phi) is 6.30. The summed E-state index contributed by atoms with van der Waals surface area (Å²) in [4.78, 5) is 8.12. The largest absolute Gasteiger partial charge is 0.301 e. The SMILES string of the molecule is C=NCC/C=C(\CC)c1nc(C(C)(F)F)cn1-c1ccc(S(C)(=O)=O)cc1. The van der Waals surface area contributed by atoms with Crippen LogP contribution in [0.5, 0.6) is 0 Å². The second kappa shape index (κ2) is 8.12. The molecule has 2 aromatic rings. The maximum Gasteiger partial charge on any atom is 0.288 e. The average Bonchev–Trinajstić information content (AvgIpc) is 3.03. The number of benzene rings is 1. The topological polar surface area (TPSA) is 64.3 Å². The van der Waals surface area contributed by atoms with E-state index in [1.807, 2.05) is 13.0 Å². The fourth-order valence-corrected chi connectivity index (χ4v) is 3.22. The zero-order valence-electron chi connectivity index (χ0n) is 15.6. The Hall–Kier alpha value is -2.35. The number of sulfone groups is 1. The van der Waals surface area contributed by atoms with Crippen LogP contribution in [0.3, 0.4) is 0 Å². The highest BCUT2D eigenvalue weighted by atomic mass is 32.2. The number of aliphatic imine (C=N–C) groups is 1. The normalized spacial score (nSPS) is 13.0. The minimum Gasteiger partial charge on any atom is -0.301 e. The van der Waals surface area contributed by atoms with E-state index in [-0.39, 0.29) is 10.6 Å². The van der Waals surface area contributed by atoms with E-state index in [0.717, 1.165) is 18.8 Å². The van der Waals surface area contributed by atoms with Crippen LogP contribution in [0.15, 0.2) is 46.4 Å². The zero-order chi connectivity index (χ0) is 20.2. The average molecular weight is 395 g/mol. The van der Waals surface area contributed by atoms with Crippen molar-refractivity contribution in [2.24, 2.45) is 4.99 Å². The van der Waals surface area contributed by atoms with Crippen LogP contribution in [0.1, 0.15) is 38.2 Å². The summed E-state index contributed by atoms with van der Waals surface area (Å²) in [6.07, 6.45) is 5.55. The summed E-state index contributed by atoms with van der Waals surface area (Å²) in [6.45, 7) is 6.69. The van der Waals surface area contributed by atoms with Gasteiger partial charge in [-0.25, -0.2) is 13.4 Å². The lowest BCUT2D eigenvalue weighted by Gasteiger charge is -2.10. The number of aromatic nitrogens is 2. The predicted molar refractivity (Wildman–Crippen MR) is 104 cm³/mol. The summed E-state index contributed by atoms with van der Waals surface area (Å²) in [5, 5.41) is 0. The third kappa shape index (κ3) is 5.09. The molecule has 0 aliphatic carbocycles. The molecule has 0 radical (unpaired) electrons. The Labute approximate surface area is 158 Å². The van der Waals surface area contributed by atoms with Gasteiger partial charge >= 0.3 is 0 Å². The van der Waals surface area contributed by atoms with E-state index in [2.05, 4.69) is 16.7 Å². The van der Waals surface area contributed by atoms with Crippen molar-refractivity contribution in [3.05, 3.63) is 48.1 Å². The van der Waals surface area contributed by atoms with Crippen LogP contribution in [-0.2, 0) is 15.8 Å². The molecule has 1 aromatic carbocycles. The number of halogens is 2. The monoisotopic (exact) mass is 395 g/mol. The van der Waals surface area contributed by atoms with Crippen LogP contribution in [0.25, 0.3) is 11.3 Å². The van der Waals surface area contributed by atoms with Gasteiger partial charge in [0.15, 0.2) is 9.84 Å². The molecule has 0 saturated heterocycles. The number of allylic oxidation sites excluding steroid dienone is 1. The van der Waals surface area contributed by atoms with E-state index in [1.54, 1.807) is 16.7 Å². The highest BCUT2D eigenvalue weighted by Gasteiger charge is 2.29. The lowest BCUT2D eigenvalue weighted by atomic mass is 10.1. The molecule has 0 atom stereocenters. The van der Waals surface area contributed by atoms with E-state index < -0.39 is 15.8 Å². The molecule has 146 valence electrons. The van der Waals surface area contributed by atoms with Crippen molar-refractivity contribution >= 4 is 22.1 Å². The fourth-order valence-electron chi connectivity index (χ4n) is 2.59. The third-order valence-electron chi connectivity index (χ3n) is 4.04. The molecule has 1 aromatic heterocycles. The molecule has 0 spiro atoms. The minimum absolute atomic E-state index is 0.164. The molecule has 0 fully saturated rings. The van der Waals surface area contributed by atoms with Gasteiger partial charge in [0.05, 0.1) is 4.90 Å². The van der Waals surface area contributed by atoms with E-state index in [9.17, 15) is 17.2 Å². The zero-order valence-corrected chi connectivity index (χ0v) is 16.4. The summed E-state index contributed by atoms with van der Waals surface area (Å²) in [6, 6.07) is 6.07. The maximum atomic E-state index is 13.9. The molecule has 0 aliphatic rings. The molecular formula is C19H23F2N3O2S. The van der Waals surface area contributed by atoms with Crippen molar-refractivity contribution in [3.63, 3.8) is 0 Å². The van der Waals surface area contributed by atoms with Crippen molar-refractivity contribution < 1.29 is 17.2 Å². The summed E-state index contributed by atoms with van der Waals surface area (Å²) in [5.74, 6) is -2.68. The van der Waals surface area contributed by atoms with Gasteiger partial charge in [0.25, 0.3) is 5.92 Å². The van der Waals surface area contributed by atoms with Crippen LogP contribution in [0.4, 0.5) is 8.78 Å². The molecule has 0 amide bonds. The fraction of sp³-hybridized carbons (Fsp3) is 0.368. The maximum absolute atomic E-state index is 13.9. The van der Waals surface area contributed by atoms with Gasteiger partial charge in [-0.3, -0.25) is 4.57 Å². The molecule has 8 heteroatoms. The molecule has 5 nitrogen and oxygen atoms in total. The van der Waals surface area contributed by atoms with Gasteiger partial charge < -0.3 is 4.99 Å². The molecule has 0 N–H and O–H groups in total. The first-order chi connectivity index (χ1) is 12.6. The molecule has 0 saturated carbocycles. The summed E-state index contributed by atoms with van der Waals surface area (Å²) in [7, 11) is -3.34. The second-order valence-corrected chi connectivity index (χ2v) is 8.31. The van der Waals surface area contributed by atoms with Gasteiger partial charge in [-0.15, -0.1) is 0 Å². The Balaban J connectivity index is 2.58. The van der Waals surface area contributed by atoms with E-state index >= 15 is 0 Å². The number of alkyl halides is 2. The standard InChI is InChI=1S/C19H23F2N3O2S/c1-5-14(7-6-12-22-3)18-23-17(19(2,20)21)13-24(18)15-8-10-16(11-9-15)27(4,25)26/h7-11,13H,3,5-6,12H2,1-2,4H3/b14-7+. The Morgan fingerprint density at radius 3 is 2.44 bits per heavy atom. The van der Waals surface area contributed by atoms with Gasteiger partial charge in [0, 0.05) is 31.6 Å².